The minimum absolute atomic E-state index is 0.0258. The first-order chi connectivity index (χ1) is 7.33. The van der Waals surface area contributed by atoms with E-state index in [1.807, 2.05) is 24.3 Å². The summed E-state index contributed by atoms with van der Waals surface area (Å²) in [7, 11) is 0. The largest absolute Gasteiger partial charge is 0.304 e. The molecule has 0 fully saturated rings. The number of benzene rings is 1. The molecule has 1 aliphatic rings. The Balaban J connectivity index is 2.43. The van der Waals surface area contributed by atoms with E-state index in [9.17, 15) is 4.79 Å². The lowest BCUT2D eigenvalue weighted by Gasteiger charge is -2.19. The van der Waals surface area contributed by atoms with Crippen molar-refractivity contribution in [1.82, 2.24) is 5.32 Å². The highest BCUT2D eigenvalue weighted by Gasteiger charge is 2.20. The normalized spacial score (nSPS) is 15.4. The molecule has 0 radical (unpaired) electrons. The number of hydrogen-bond acceptors (Lipinski definition) is 2. The van der Waals surface area contributed by atoms with Gasteiger partial charge >= 0.3 is 0 Å². The number of nitrogens with one attached hydrogen (secondary N) is 1. The molecule has 0 atom stereocenters. The quantitative estimate of drug-likeness (QED) is 0.679. The summed E-state index contributed by atoms with van der Waals surface area (Å²) in [4.78, 5) is 13.4. The number of anilines is 1. The van der Waals surface area contributed by atoms with Crippen LogP contribution in [-0.4, -0.2) is 19.0 Å². The summed E-state index contributed by atoms with van der Waals surface area (Å²) in [5, 5.41) is 3.08. The number of fused-ring (bicyclic) bond motifs is 1. The maximum absolute atomic E-state index is 11.7. The van der Waals surface area contributed by atoms with Crippen molar-refractivity contribution in [3.8, 4) is 12.3 Å². The molecule has 0 spiro atoms. The molecular weight excluding hydrogens is 188 g/mol. The van der Waals surface area contributed by atoms with E-state index in [1.54, 1.807) is 4.90 Å². The van der Waals surface area contributed by atoms with Gasteiger partial charge in [0.15, 0.2) is 0 Å². The number of terminal acetylenes is 1. The molecule has 1 N–H and O–H groups in total. The van der Waals surface area contributed by atoms with Gasteiger partial charge in [0.2, 0.25) is 5.91 Å². The van der Waals surface area contributed by atoms with Crippen molar-refractivity contribution in [2.75, 3.05) is 18.0 Å². The van der Waals surface area contributed by atoms with Gasteiger partial charge in [-0.3, -0.25) is 9.69 Å². The molecule has 1 aromatic rings. The third-order valence-corrected chi connectivity index (χ3v) is 2.42. The minimum atomic E-state index is 0.0258. The predicted octanol–water partition coefficient (Wildman–Crippen LogP) is 0.756. The Bertz CT molecular complexity index is 420. The Kier molecular flexibility index (Phi) is 2.70. The van der Waals surface area contributed by atoms with E-state index in [0.717, 1.165) is 11.3 Å². The van der Waals surface area contributed by atoms with Crippen molar-refractivity contribution in [2.45, 2.75) is 6.54 Å². The van der Waals surface area contributed by atoms with Crippen molar-refractivity contribution in [2.24, 2.45) is 0 Å². The highest BCUT2D eigenvalue weighted by molar-refractivity contribution is 5.96. The molecule has 76 valence electrons. The Morgan fingerprint density at radius 2 is 2.20 bits per heavy atom. The number of carbonyl (C=O) groups is 1. The lowest BCUT2D eigenvalue weighted by atomic mass is 10.1. The van der Waals surface area contributed by atoms with Crippen molar-refractivity contribution in [3.63, 3.8) is 0 Å². The van der Waals surface area contributed by atoms with E-state index in [4.69, 9.17) is 6.42 Å². The third kappa shape index (κ3) is 1.85. The van der Waals surface area contributed by atoms with Crippen molar-refractivity contribution in [3.05, 3.63) is 29.8 Å². The van der Waals surface area contributed by atoms with Crippen LogP contribution in [0.4, 0.5) is 5.69 Å². The second-order valence-corrected chi connectivity index (χ2v) is 3.42. The van der Waals surface area contributed by atoms with Crippen molar-refractivity contribution >= 4 is 11.6 Å². The number of carbonyl (C=O) groups excluding carboxylic acids is 1. The highest BCUT2D eigenvalue weighted by atomic mass is 16.2. The molecule has 0 aliphatic carbocycles. The number of amides is 1. The molecule has 15 heavy (non-hydrogen) atoms. The fourth-order valence-corrected chi connectivity index (χ4v) is 1.72. The van der Waals surface area contributed by atoms with Crippen molar-refractivity contribution < 1.29 is 4.79 Å². The number of para-hydroxylation sites is 1. The standard InChI is InChI=1S/C12H12N2O/c1-2-7-14-11-6-4-3-5-10(11)8-13-9-12(14)15/h1,3-6,13H,7-9H2. The van der Waals surface area contributed by atoms with Gasteiger partial charge in [-0.05, 0) is 11.6 Å². The first-order valence-electron chi connectivity index (χ1n) is 4.85. The van der Waals surface area contributed by atoms with Crippen LogP contribution in [0.15, 0.2) is 24.3 Å². The Morgan fingerprint density at radius 1 is 1.40 bits per heavy atom. The molecule has 3 heteroatoms. The second-order valence-electron chi connectivity index (χ2n) is 3.42. The first-order valence-corrected chi connectivity index (χ1v) is 4.85. The molecule has 1 aliphatic heterocycles. The van der Waals surface area contributed by atoms with Gasteiger partial charge in [0.05, 0.1) is 13.1 Å². The van der Waals surface area contributed by atoms with Crippen LogP contribution in [0.1, 0.15) is 5.56 Å². The number of hydrogen-bond donors (Lipinski definition) is 1. The summed E-state index contributed by atoms with van der Waals surface area (Å²) in [6, 6.07) is 7.81. The topological polar surface area (TPSA) is 32.3 Å². The smallest absolute Gasteiger partial charge is 0.241 e. The van der Waals surface area contributed by atoms with Gasteiger partial charge in [0, 0.05) is 12.2 Å². The van der Waals surface area contributed by atoms with Gasteiger partial charge in [-0.25, -0.2) is 0 Å². The Morgan fingerprint density at radius 3 is 3.00 bits per heavy atom. The third-order valence-electron chi connectivity index (χ3n) is 2.42. The van der Waals surface area contributed by atoms with Crippen LogP contribution in [0, 0.1) is 12.3 Å². The molecule has 0 unspecified atom stereocenters. The minimum Gasteiger partial charge on any atom is -0.304 e. The Labute approximate surface area is 89.1 Å². The molecule has 1 aromatic carbocycles. The summed E-state index contributed by atoms with van der Waals surface area (Å²) in [6.45, 7) is 1.39. The van der Waals surface area contributed by atoms with Gasteiger partial charge in [0.25, 0.3) is 0 Å². The van der Waals surface area contributed by atoms with Gasteiger partial charge in [0.1, 0.15) is 0 Å². The maximum atomic E-state index is 11.7. The number of rotatable bonds is 1. The van der Waals surface area contributed by atoms with E-state index in [0.29, 0.717) is 19.6 Å². The fraction of sp³-hybridized carbons (Fsp3) is 0.250. The Hall–Kier alpha value is -1.79. The van der Waals surface area contributed by atoms with Crippen LogP contribution < -0.4 is 10.2 Å². The molecule has 1 heterocycles. The predicted molar refractivity (Wildman–Crippen MR) is 59.3 cm³/mol. The van der Waals surface area contributed by atoms with E-state index in [1.165, 1.54) is 0 Å². The van der Waals surface area contributed by atoms with Gasteiger partial charge in [-0.1, -0.05) is 24.1 Å². The zero-order valence-electron chi connectivity index (χ0n) is 8.36. The maximum Gasteiger partial charge on any atom is 0.241 e. The molecule has 0 aromatic heterocycles. The monoisotopic (exact) mass is 200 g/mol. The van der Waals surface area contributed by atoms with Gasteiger partial charge < -0.3 is 5.32 Å². The molecule has 0 bridgehead atoms. The zero-order valence-corrected chi connectivity index (χ0v) is 8.36. The number of nitrogens with zero attached hydrogens (tertiary/aromatic N) is 1. The molecule has 0 saturated carbocycles. The van der Waals surface area contributed by atoms with E-state index < -0.39 is 0 Å². The molecule has 1 amide bonds. The average molecular weight is 200 g/mol. The van der Waals surface area contributed by atoms with Crippen LogP contribution in [0.5, 0.6) is 0 Å². The van der Waals surface area contributed by atoms with Crippen molar-refractivity contribution in [1.29, 1.82) is 0 Å². The van der Waals surface area contributed by atoms with E-state index in [2.05, 4.69) is 11.2 Å². The van der Waals surface area contributed by atoms with Gasteiger partial charge in [-0.2, -0.15) is 0 Å². The lowest BCUT2D eigenvalue weighted by Crippen LogP contribution is -2.35. The van der Waals surface area contributed by atoms with Crippen LogP contribution >= 0.6 is 0 Å². The SMILES string of the molecule is C#CCN1C(=O)CNCc2ccccc21. The first kappa shape index (κ1) is 9.75. The van der Waals surface area contributed by atoms with Crippen LogP contribution in [0.2, 0.25) is 0 Å². The lowest BCUT2D eigenvalue weighted by molar-refractivity contribution is -0.117. The van der Waals surface area contributed by atoms with Crippen LogP contribution in [0.3, 0.4) is 0 Å². The van der Waals surface area contributed by atoms with Gasteiger partial charge in [-0.15, -0.1) is 6.42 Å². The van der Waals surface area contributed by atoms with E-state index in [-0.39, 0.29) is 5.91 Å². The fourth-order valence-electron chi connectivity index (χ4n) is 1.72. The average Bonchev–Trinajstić information content (AvgIpc) is 2.40. The molecule has 2 rings (SSSR count). The summed E-state index contributed by atoms with van der Waals surface area (Å²) >= 11 is 0. The molecule has 0 saturated heterocycles. The second kappa shape index (κ2) is 4.16. The van der Waals surface area contributed by atoms with Crippen LogP contribution in [0.25, 0.3) is 0 Å². The highest BCUT2D eigenvalue weighted by Crippen LogP contribution is 2.21. The molecule has 3 nitrogen and oxygen atoms in total. The summed E-state index contributed by atoms with van der Waals surface area (Å²) in [5.74, 6) is 2.54. The summed E-state index contributed by atoms with van der Waals surface area (Å²) in [5.41, 5.74) is 2.03. The summed E-state index contributed by atoms with van der Waals surface area (Å²) < 4.78 is 0. The molecular formula is C12H12N2O. The van der Waals surface area contributed by atoms with Crippen LogP contribution in [-0.2, 0) is 11.3 Å². The summed E-state index contributed by atoms with van der Waals surface area (Å²) in [6.07, 6.45) is 5.27. The van der Waals surface area contributed by atoms with E-state index >= 15 is 0 Å². The zero-order chi connectivity index (χ0) is 10.7.